The maximum absolute atomic E-state index is 10.2. The average molecular weight is 247 g/mol. The van der Waals surface area contributed by atoms with Gasteiger partial charge in [-0.05, 0) is 39.4 Å². The number of aliphatic carboxylic acids is 1. The Labute approximate surface area is 103 Å². The van der Waals surface area contributed by atoms with Crippen LogP contribution in [-0.4, -0.2) is 43.5 Å². The Morgan fingerprint density at radius 3 is 2.41 bits per heavy atom. The molecule has 0 bridgehead atoms. The van der Waals surface area contributed by atoms with Gasteiger partial charge in [-0.2, -0.15) is 0 Å². The second-order valence-corrected chi connectivity index (χ2v) is 3.64. The number of nitrogens with two attached hydrogens (primary N) is 2. The number of carboxylic acids is 1. The number of hydrogen-bond acceptors (Lipinski definition) is 5. The summed E-state index contributed by atoms with van der Waals surface area (Å²) in [5.41, 5.74) is 10.3. The molecule has 0 fully saturated rings. The zero-order valence-electron chi connectivity index (χ0n) is 10.5. The summed E-state index contributed by atoms with van der Waals surface area (Å²) in [6.45, 7) is 1.55. The van der Waals surface area contributed by atoms with Gasteiger partial charge in [0.1, 0.15) is 12.3 Å². The highest BCUT2D eigenvalue weighted by Crippen LogP contribution is 1.97. The van der Waals surface area contributed by atoms with Crippen LogP contribution in [0.1, 0.15) is 32.1 Å². The molecule has 102 valence electrons. The van der Waals surface area contributed by atoms with Crippen molar-refractivity contribution in [2.75, 3.05) is 20.1 Å². The Kier molecular flexibility index (Phi) is 16.2. The predicted molar refractivity (Wildman–Crippen MR) is 67.7 cm³/mol. The van der Waals surface area contributed by atoms with E-state index >= 15 is 0 Å². The van der Waals surface area contributed by atoms with Gasteiger partial charge in [0.2, 0.25) is 0 Å². The molecule has 6 N–H and O–H groups in total. The second-order valence-electron chi connectivity index (χ2n) is 3.64. The van der Waals surface area contributed by atoms with Crippen molar-refractivity contribution in [2.24, 2.45) is 11.5 Å². The van der Waals surface area contributed by atoms with Gasteiger partial charge < -0.3 is 26.7 Å². The first-order valence-corrected chi connectivity index (χ1v) is 5.86. The zero-order chi connectivity index (χ0) is 13.5. The third kappa shape index (κ3) is 17.6. The van der Waals surface area contributed by atoms with Gasteiger partial charge in [0.25, 0.3) is 0 Å². The largest absolute Gasteiger partial charge is 0.480 e. The predicted octanol–water partition coefficient (Wildman–Crippen LogP) is -0.288. The van der Waals surface area contributed by atoms with Gasteiger partial charge in [-0.3, -0.25) is 4.79 Å². The first-order chi connectivity index (χ1) is 8.09. The minimum atomic E-state index is -0.908. The summed E-state index contributed by atoms with van der Waals surface area (Å²) >= 11 is 0. The molecule has 0 radical (unpaired) electrons. The highest BCUT2D eigenvalue weighted by atomic mass is 16.4. The summed E-state index contributed by atoms with van der Waals surface area (Å²) < 4.78 is 0. The van der Waals surface area contributed by atoms with Gasteiger partial charge in [-0.15, -0.1) is 0 Å². The quantitative estimate of drug-likeness (QED) is 0.328. The smallest absolute Gasteiger partial charge is 0.320 e. The normalized spacial score (nSPS) is 11.2. The van der Waals surface area contributed by atoms with Gasteiger partial charge in [0.15, 0.2) is 0 Å². The van der Waals surface area contributed by atoms with E-state index < -0.39 is 12.0 Å². The molecule has 6 nitrogen and oxygen atoms in total. The van der Waals surface area contributed by atoms with Gasteiger partial charge in [-0.1, -0.05) is 6.42 Å². The average Bonchev–Trinajstić information content (AvgIpc) is 2.32. The maximum Gasteiger partial charge on any atom is 0.320 e. The number of carbonyl (C=O) groups is 2. The molecule has 0 amide bonds. The maximum atomic E-state index is 10.2. The van der Waals surface area contributed by atoms with Crippen LogP contribution in [0.3, 0.4) is 0 Å². The fraction of sp³-hybridized carbons (Fsp3) is 0.818. The number of nitrogens with one attached hydrogen (secondary N) is 1. The Bertz CT molecular complexity index is 189. The third-order valence-corrected chi connectivity index (χ3v) is 2.04. The monoisotopic (exact) mass is 247 g/mol. The summed E-state index contributed by atoms with van der Waals surface area (Å²) in [6.07, 6.45) is 4.73. The van der Waals surface area contributed by atoms with Crippen LogP contribution in [-0.2, 0) is 9.59 Å². The standard InChI is InChI=1S/C7H16N2O2.C4H9NO/c1-9-5-3-2-4-6(8)7(10)11;5-3-1-2-4-6/h6,9H,2-5,8H2,1H3,(H,10,11);4H,1-3,5H2. The first kappa shape index (κ1) is 18.4. The highest BCUT2D eigenvalue weighted by molar-refractivity contribution is 5.72. The molecule has 0 spiro atoms. The van der Waals surface area contributed by atoms with Crippen molar-refractivity contribution in [2.45, 2.75) is 38.1 Å². The van der Waals surface area contributed by atoms with E-state index in [1.807, 2.05) is 7.05 Å². The molecule has 0 aliphatic heterocycles. The van der Waals surface area contributed by atoms with E-state index in [4.69, 9.17) is 16.6 Å². The van der Waals surface area contributed by atoms with Crippen LogP contribution in [0, 0.1) is 0 Å². The molecule has 1 atom stereocenters. The molecule has 0 aliphatic rings. The van der Waals surface area contributed by atoms with E-state index in [1.165, 1.54) is 0 Å². The number of unbranched alkanes of at least 4 members (excludes halogenated alkanes) is 2. The van der Waals surface area contributed by atoms with Crippen LogP contribution < -0.4 is 16.8 Å². The van der Waals surface area contributed by atoms with Crippen molar-refractivity contribution in [1.82, 2.24) is 5.32 Å². The lowest BCUT2D eigenvalue weighted by atomic mass is 10.1. The van der Waals surface area contributed by atoms with Gasteiger partial charge >= 0.3 is 5.97 Å². The van der Waals surface area contributed by atoms with Crippen LogP contribution in [0.2, 0.25) is 0 Å². The molecule has 0 aromatic rings. The number of rotatable bonds is 9. The topological polar surface area (TPSA) is 118 Å². The molecule has 0 aromatic heterocycles. The lowest BCUT2D eigenvalue weighted by Crippen LogP contribution is -2.29. The summed E-state index contributed by atoms with van der Waals surface area (Å²) in [5.74, 6) is -0.908. The summed E-state index contributed by atoms with van der Waals surface area (Å²) in [4.78, 5) is 19.7. The third-order valence-electron chi connectivity index (χ3n) is 2.04. The Morgan fingerprint density at radius 1 is 1.41 bits per heavy atom. The molecule has 0 rings (SSSR count). The summed E-state index contributed by atoms with van der Waals surface area (Å²) in [6, 6.07) is -0.688. The summed E-state index contributed by atoms with van der Waals surface area (Å²) in [7, 11) is 1.87. The van der Waals surface area contributed by atoms with E-state index in [0.717, 1.165) is 32.1 Å². The minimum absolute atomic E-state index is 0.566. The molecule has 0 aromatic carbocycles. The number of carboxylic acid groups (broad SMARTS) is 1. The Hall–Kier alpha value is -0.980. The molecule has 0 saturated carbocycles. The number of hydrogen-bond donors (Lipinski definition) is 4. The van der Waals surface area contributed by atoms with Crippen LogP contribution in [0.25, 0.3) is 0 Å². The van der Waals surface area contributed by atoms with Gasteiger partial charge in [0, 0.05) is 6.42 Å². The SMILES string of the molecule is CNCCCCC(N)C(=O)O.NCCCC=O. The van der Waals surface area contributed by atoms with E-state index in [2.05, 4.69) is 5.32 Å². The van der Waals surface area contributed by atoms with Crippen molar-refractivity contribution < 1.29 is 14.7 Å². The summed E-state index contributed by atoms with van der Waals surface area (Å²) in [5, 5.41) is 11.4. The van der Waals surface area contributed by atoms with E-state index in [1.54, 1.807) is 0 Å². The van der Waals surface area contributed by atoms with E-state index in [-0.39, 0.29) is 0 Å². The van der Waals surface area contributed by atoms with Crippen molar-refractivity contribution in [3.8, 4) is 0 Å². The van der Waals surface area contributed by atoms with Crippen LogP contribution in [0.4, 0.5) is 0 Å². The molecule has 1 unspecified atom stereocenters. The molecular weight excluding hydrogens is 222 g/mol. The lowest BCUT2D eigenvalue weighted by molar-refractivity contribution is -0.138. The molecule has 17 heavy (non-hydrogen) atoms. The molecule has 0 heterocycles. The second kappa shape index (κ2) is 15.0. The molecular formula is C11H25N3O3. The molecule has 0 aliphatic carbocycles. The number of carbonyl (C=O) groups excluding carboxylic acids is 1. The van der Waals surface area contributed by atoms with Crippen molar-refractivity contribution in [1.29, 1.82) is 0 Å². The van der Waals surface area contributed by atoms with E-state index in [0.29, 0.717) is 19.4 Å². The van der Waals surface area contributed by atoms with Crippen LogP contribution >= 0.6 is 0 Å². The fourth-order valence-electron chi connectivity index (χ4n) is 0.991. The van der Waals surface area contributed by atoms with Crippen molar-refractivity contribution in [3.05, 3.63) is 0 Å². The van der Waals surface area contributed by atoms with Crippen molar-refractivity contribution in [3.63, 3.8) is 0 Å². The Morgan fingerprint density at radius 2 is 2.06 bits per heavy atom. The first-order valence-electron chi connectivity index (χ1n) is 5.86. The lowest BCUT2D eigenvalue weighted by Gasteiger charge is -2.04. The van der Waals surface area contributed by atoms with Gasteiger partial charge in [0.05, 0.1) is 0 Å². The highest BCUT2D eigenvalue weighted by Gasteiger charge is 2.09. The minimum Gasteiger partial charge on any atom is -0.480 e. The van der Waals surface area contributed by atoms with Crippen LogP contribution in [0.5, 0.6) is 0 Å². The molecule has 0 saturated heterocycles. The molecule has 6 heteroatoms. The number of aldehydes is 1. The van der Waals surface area contributed by atoms with E-state index in [9.17, 15) is 9.59 Å². The van der Waals surface area contributed by atoms with Crippen LogP contribution in [0.15, 0.2) is 0 Å². The Balaban J connectivity index is 0. The van der Waals surface area contributed by atoms with Gasteiger partial charge in [-0.25, -0.2) is 0 Å². The fourth-order valence-corrected chi connectivity index (χ4v) is 0.991. The van der Waals surface area contributed by atoms with Crippen molar-refractivity contribution >= 4 is 12.3 Å². The zero-order valence-corrected chi connectivity index (χ0v) is 10.5.